The first-order chi connectivity index (χ1) is 8.76. The Morgan fingerprint density at radius 1 is 1.61 bits per heavy atom. The van der Waals surface area contributed by atoms with E-state index in [1.54, 1.807) is 18.4 Å². The standard InChI is InChI=1S/C13H21NO3S/c1-17-10-11(7-8-15)14-13(16)6-2-4-12-5-3-9-18-12/h3,5,9,11,15H,2,4,6-8,10H2,1H3,(H,14,16). The summed E-state index contributed by atoms with van der Waals surface area (Å²) in [5, 5.41) is 13.8. The Labute approximate surface area is 112 Å². The third-order valence-electron chi connectivity index (χ3n) is 2.62. The summed E-state index contributed by atoms with van der Waals surface area (Å²) in [5.74, 6) is 0.0297. The number of nitrogens with one attached hydrogen (secondary N) is 1. The molecule has 0 aliphatic carbocycles. The monoisotopic (exact) mass is 271 g/mol. The van der Waals surface area contributed by atoms with Gasteiger partial charge in [0.1, 0.15) is 0 Å². The number of thiophene rings is 1. The van der Waals surface area contributed by atoms with Crippen LogP contribution in [0, 0.1) is 0 Å². The first kappa shape index (κ1) is 15.1. The van der Waals surface area contributed by atoms with Crippen molar-refractivity contribution in [3.8, 4) is 0 Å². The molecule has 2 N–H and O–H groups in total. The Morgan fingerprint density at radius 2 is 2.44 bits per heavy atom. The van der Waals surface area contributed by atoms with Crippen LogP contribution in [0.25, 0.3) is 0 Å². The van der Waals surface area contributed by atoms with Crippen molar-refractivity contribution in [3.63, 3.8) is 0 Å². The molecule has 1 aromatic heterocycles. The number of hydrogen-bond acceptors (Lipinski definition) is 4. The van der Waals surface area contributed by atoms with Crippen LogP contribution in [0.15, 0.2) is 17.5 Å². The van der Waals surface area contributed by atoms with Crippen LogP contribution in [-0.2, 0) is 16.0 Å². The molecule has 1 atom stereocenters. The minimum atomic E-state index is -0.0887. The van der Waals surface area contributed by atoms with E-state index in [1.807, 2.05) is 11.4 Å². The number of ether oxygens (including phenoxy) is 1. The lowest BCUT2D eigenvalue weighted by Gasteiger charge is -2.16. The Hall–Kier alpha value is -0.910. The van der Waals surface area contributed by atoms with Gasteiger partial charge in [-0.25, -0.2) is 0 Å². The summed E-state index contributed by atoms with van der Waals surface area (Å²) in [4.78, 5) is 13.0. The van der Waals surface area contributed by atoms with Gasteiger partial charge in [0.25, 0.3) is 0 Å². The number of aryl methyl sites for hydroxylation is 1. The van der Waals surface area contributed by atoms with Crippen molar-refractivity contribution in [1.82, 2.24) is 5.32 Å². The highest BCUT2D eigenvalue weighted by molar-refractivity contribution is 7.09. The molecule has 0 aromatic carbocycles. The molecule has 5 heteroatoms. The lowest BCUT2D eigenvalue weighted by Crippen LogP contribution is -2.38. The summed E-state index contributed by atoms with van der Waals surface area (Å²) in [6.45, 7) is 0.501. The maximum Gasteiger partial charge on any atom is 0.220 e. The van der Waals surface area contributed by atoms with Gasteiger partial charge < -0.3 is 15.2 Å². The van der Waals surface area contributed by atoms with Gasteiger partial charge in [-0.3, -0.25) is 4.79 Å². The highest BCUT2D eigenvalue weighted by Crippen LogP contribution is 2.11. The van der Waals surface area contributed by atoms with E-state index in [0.29, 0.717) is 19.4 Å². The van der Waals surface area contributed by atoms with E-state index >= 15 is 0 Å². The molecule has 0 aliphatic rings. The van der Waals surface area contributed by atoms with Crippen LogP contribution in [0.2, 0.25) is 0 Å². The van der Waals surface area contributed by atoms with E-state index in [2.05, 4.69) is 11.4 Å². The summed E-state index contributed by atoms with van der Waals surface area (Å²) in [6, 6.07) is 4.02. The molecule has 0 bridgehead atoms. The Morgan fingerprint density at radius 3 is 3.06 bits per heavy atom. The van der Waals surface area contributed by atoms with Gasteiger partial charge in [0.15, 0.2) is 0 Å². The number of carbonyl (C=O) groups is 1. The fourth-order valence-electron chi connectivity index (χ4n) is 1.73. The largest absolute Gasteiger partial charge is 0.396 e. The van der Waals surface area contributed by atoms with Crippen LogP contribution < -0.4 is 5.32 Å². The average molecular weight is 271 g/mol. The molecule has 1 heterocycles. The van der Waals surface area contributed by atoms with Crippen LogP contribution in [-0.4, -0.2) is 37.4 Å². The van der Waals surface area contributed by atoms with Crippen molar-refractivity contribution < 1.29 is 14.6 Å². The molecule has 4 nitrogen and oxygen atoms in total. The Balaban J connectivity index is 2.18. The zero-order valence-corrected chi connectivity index (χ0v) is 11.5. The van der Waals surface area contributed by atoms with E-state index in [0.717, 1.165) is 12.8 Å². The molecule has 1 aromatic rings. The summed E-state index contributed by atoms with van der Waals surface area (Å²) < 4.78 is 5.00. The van der Waals surface area contributed by atoms with Crippen LogP contribution in [0.5, 0.6) is 0 Å². The second-order valence-electron chi connectivity index (χ2n) is 4.16. The van der Waals surface area contributed by atoms with E-state index in [-0.39, 0.29) is 18.6 Å². The molecule has 0 aliphatic heterocycles. The maximum atomic E-state index is 11.7. The molecule has 0 spiro atoms. The van der Waals surface area contributed by atoms with Gasteiger partial charge in [0.05, 0.1) is 12.6 Å². The number of rotatable bonds is 9. The number of aliphatic hydroxyl groups is 1. The molecule has 0 fully saturated rings. The second-order valence-corrected chi connectivity index (χ2v) is 5.20. The quantitative estimate of drug-likeness (QED) is 0.717. The average Bonchev–Trinajstić information content (AvgIpc) is 2.82. The van der Waals surface area contributed by atoms with Crippen LogP contribution in [0.1, 0.15) is 24.1 Å². The third kappa shape index (κ3) is 6.14. The summed E-state index contributed by atoms with van der Waals surface area (Å²) >= 11 is 1.72. The summed E-state index contributed by atoms with van der Waals surface area (Å²) in [5.41, 5.74) is 0. The number of methoxy groups -OCH3 is 1. The predicted molar refractivity (Wildman–Crippen MR) is 72.8 cm³/mol. The molecule has 18 heavy (non-hydrogen) atoms. The predicted octanol–water partition coefficient (Wildman–Crippen LogP) is 1.58. The van der Waals surface area contributed by atoms with Crippen molar-refractivity contribution >= 4 is 17.2 Å². The molecular formula is C13H21NO3S. The van der Waals surface area contributed by atoms with Crippen molar-refractivity contribution in [2.45, 2.75) is 31.7 Å². The minimum absolute atomic E-state index is 0.0297. The smallest absolute Gasteiger partial charge is 0.220 e. The number of aliphatic hydroxyl groups excluding tert-OH is 1. The zero-order chi connectivity index (χ0) is 13.2. The lowest BCUT2D eigenvalue weighted by atomic mass is 10.2. The van der Waals surface area contributed by atoms with Gasteiger partial charge in [-0.1, -0.05) is 6.07 Å². The first-order valence-electron chi connectivity index (χ1n) is 6.17. The van der Waals surface area contributed by atoms with Gasteiger partial charge in [-0.05, 0) is 30.7 Å². The molecule has 1 amide bonds. The Bertz CT molecular complexity index is 321. The molecule has 0 saturated heterocycles. The Kier molecular flexibility index (Phi) is 7.64. The van der Waals surface area contributed by atoms with E-state index in [1.165, 1.54) is 4.88 Å². The lowest BCUT2D eigenvalue weighted by molar-refractivity contribution is -0.122. The number of hydrogen-bond donors (Lipinski definition) is 2. The summed E-state index contributed by atoms with van der Waals surface area (Å²) in [6.07, 6.45) is 2.85. The number of amides is 1. The molecule has 0 radical (unpaired) electrons. The highest BCUT2D eigenvalue weighted by Gasteiger charge is 2.11. The van der Waals surface area contributed by atoms with Crippen LogP contribution in [0.4, 0.5) is 0 Å². The topological polar surface area (TPSA) is 58.6 Å². The second kappa shape index (κ2) is 9.08. The number of carbonyl (C=O) groups excluding carboxylic acids is 1. The van der Waals surface area contributed by atoms with Gasteiger partial charge in [-0.2, -0.15) is 0 Å². The van der Waals surface area contributed by atoms with Crippen LogP contribution in [0.3, 0.4) is 0 Å². The fraction of sp³-hybridized carbons (Fsp3) is 0.615. The van der Waals surface area contributed by atoms with E-state index < -0.39 is 0 Å². The van der Waals surface area contributed by atoms with Crippen molar-refractivity contribution in [3.05, 3.63) is 22.4 Å². The normalized spacial score (nSPS) is 12.3. The highest BCUT2D eigenvalue weighted by atomic mass is 32.1. The fourth-order valence-corrected chi connectivity index (χ4v) is 2.48. The van der Waals surface area contributed by atoms with E-state index in [9.17, 15) is 4.79 Å². The van der Waals surface area contributed by atoms with E-state index in [4.69, 9.17) is 9.84 Å². The maximum absolute atomic E-state index is 11.7. The van der Waals surface area contributed by atoms with Gasteiger partial charge in [-0.15, -0.1) is 11.3 Å². The molecule has 1 unspecified atom stereocenters. The zero-order valence-electron chi connectivity index (χ0n) is 10.7. The molecular weight excluding hydrogens is 250 g/mol. The molecule has 0 saturated carbocycles. The van der Waals surface area contributed by atoms with Gasteiger partial charge in [0, 0.05) is 25.0 Å². The SMILES string of the molecule is COCC(CCO)NC(=O)CCCc1cccs1. The van der Waals surface area contributed by atoms with Crippen molar-refractivity contribution in [2.75, 3.05) is 20.3 Å². The molecule has 1 rings (SSSR count). The van der Waals surface area contributed by atoms with Crippen molar-refractivity contribution in [2.24, 2.45) is 0 Å². The van der Waals surface area contributed by atoms with Gasteiger partial charge in [0.2, 0.25) is 5.91 Å². The third-order valence-corrected chi connectivity index (χ3v) is 3.55. The first-order valence-corrected chi connectivity index (χ1v) is 7.05. The summed E-state index contributed by atoms with van der Waals surface area (Å²) in [7, 11) is 1.59. The van der Waals surface area contributed by atoms with Crippen LogP contribution >= 0.6 is 11.3 Å². The van der Waals surface area contributed by atoms with Gasteiger partial charge >= 0.3 is 0 Å². The van der Waals surface area contributed by atoms with Crippen molar-refractivity contribution in [1.29, 1.82) is 0 Å². The minimum Gasteiger partial charge on any atom is -0.396 e. The molecule has 102 valence electrons.